The van der Waals surface area contributed by atoms with Crippen molar-refractivity contribution in [1.82, 2.24) is 19.5 Å². The molecule has 10 rings (SSSR count). The summed E-state index contributed by atoms with van der Waals surface area (Å²) in [5, 5.41) is 16.7. The molecule has 6 aromatic carbocycles. The molecule has 0 saturated carbocycles. The zero-order valence-corrected chi connectivity index (χ0v) is 34.1. The molecule has 288 valence electrons. The number of aromatic hydroxyl groups is 1. The van der Waals surface area contributed by atoms with Gasteiger partial charge in [-0.25, -0.2) is 4.98 Å². The highest BCUT2D eigenvalue weighted by atomic mass is 16.3. The number of rotatable bonds is 5. The van der Waals surface area contributed by atoms with Crippen molar-refractivity contribution in [3.8, 4) is 56.3 Å². The van der Waals surface area contributed by atoms with E-state index >= 15 is 0 Å². The summed E-state index contributed by atoms with van der Waals surface area (Å²) < 4.78 is 8.36. The predicted molar refractivity (Wildman–Crippen MR) is 242 cm³/mol. The van der Waals surface area contributed by atoms with Gasteiger partial charge in [0.25, 0.3) is 0 Å². The lowest BCUT2D eigenvalue weighted by Crippen LogP contribution is -2.17. The van der Waals surface area contributed by atoms with Crippen molar-refractivity contribution in [1.29, 1.82) is 0 Å². The molecule has 0 radical (unpaired) electrons. The lowest BCUT2D eigenvalue weighted by Gasteiger charge is -2.28. The summed E-state index contributed by atoms with van der Waals surface area (Å²) in [6.07, 6.45) is 5.55. The summed E-state index contributed by atoms with van der Waals surface area (Å²) in [5.74, 6) is 0.903. The molecule has 6 heteroatoms. The van der Waals surface area contributed by atoms with Crippen molar-refractivity contribution in [3.63, 3.8) is 0 Å². The van der Waals surface area contributed by atoms with Crippen LogP contribution in [0.2, 0.25) is 0 Å². The summed E-state index contributed by atoms with van der Waals surface area (Å²) >= 11 is 0. The number of aromatic nitrogens is 4. The van der Waals surface area contributed by atoms with E-state index < -0.39 is 0 Å². The first kappa shape index (κ1) is 36.3. The van der Waals surface area contributed by atoms with Crippen LogP contribution in [0.25, 0.3) is 94.3 Å². The van der Waals surface area contributed by atoms with Crippen molar-refractivity contribution >= 4 is 43.7 Å². The molecule has 10 aromatic rings. The van der Waals surface area contributed by atoms with Crippen LogP contribution in [-0.4, -0.2) is 24.6 Å². The van der Waals surface area contributed by atoms with Crippen LogP contribution < -0.4 is 0 Å². The molecule has 1 N–H and O–H groups in total. The Morgan fingerprint density at radius 2 is 1.31 bits per heavy atom. The number of hydrogen-bond donors (Lipinski definition) is 1. The number of fused-ring (bicyclic) bond motifs is 5. The average Bonchev–Trinajstić information content (AvgIpc) is 3.81. The number of para-hydroxylation sites is 2. The van der Waals surface area contributed by atoms with Gasteiger partial charge in [-0.3, -0.25) is 14.5 Å². The largest absolute Gasteiger partial charge is 0.507 e. The predicted octanol–water partition coefficient (Wildman–Crippen LogP) is 13.8. The van der Waals surface area contributed by atoms with Crippen LogP contribution in [-0.2, 0) is 10.8 Å². The first-order valence-corrected chi connectivity index (χ1v) is 20.1. The van der Waals surface area contributed by atoms with E-state index in [-0.39, 0.29) is 16.6 Å². The molecule has 6 nitrogen and oxygen atoms in total. The second-order valence-corrected chi connectivity index (χ2v) is 17.5. The molecule has 0 aliphatic carbocycles. The Labute approximate surface area is 343 Å². The fraction of sp³-hybridized carbons (Fsp3) is 0.151. The second-order valence-electron chi connectivity index (χ2n) is 17.5. The maximum Gasteiger partial charge on any atom is 0.153 e. The summed E-state index contributed by atoms with van der Waals surface area (Å²) in [5.41, 5.74) is 12.2. The number of nitrogens with zero attached hydrogens (tertiary/aromatic N) is 4. The van der Waals surface area contributed by atoms with Crippen molar-refractivity contribution in [2.75, 3.05) is 0 Å². The molecule has 0 spiro atoms. The first-order valence-electron chi connectivity index (χ1n) is 20.1. The maximum absolute atomic E-state index is 12.5. The summed E-state index contributed by atoms with van der Waals surface area (Å²) in [4.78, 5) is 15.2. The van der Waals surface area contributed by atoms with E-state index in [1.807, 2.05) is 36.7 Å². The van der Waals surface area contributed by atoms with Gasteiger partial charge in [0.2, 0.25) is 0 Å². The average molecular weight is 769 g/mol. The van der Waals surface area contributed by atoms with Gasteiger partial charge in [0.15, 0.2) is 5.58 Å². The Bertz CT molecular complexity index is 3250. The minimum Gasteiger partial charge on any atom is -0.507 e. The van der Waals surface area contributed by atoms with Crippen LogP contribution in [0.15, 0.2) is 156 Å². The zero-order valence-electron chi connectivity index (χ0n) is 34.1. The SMILES string of the molecule is CC(C)(C)c1cc(-c2nc3c(-c4cncc(-c5cc6c(cn5)oc5ccccc56)c4)cccc3n2-c2c(-c3ccccc3)ccc3ccccc23)c(O)c(C(C)(C)C)c1. The maximum atomic E-state index is 12.5. The fourth-order valence-corrected chi connectivity index (χ4v) is 8.41. The van der Waals surface area contributed by atoms with Crippen LogP contribution in [0.4, 0.5) is 0 Å². The normalized spacial score (nSPS) is 12.3. The highest BCUT2D eigenvalue weighted by molar-refractivity contribution is 6.06. The summed E-state index contributed by atoms with van der Waals surface area (Å²) in [6.45, 7) is 13.1. The van der Waals surface area contributed by atoms with Gasteiger partial charge in [-0.1, -0.05) is 145 Å². The number of pyridine rings is 2. The summed E-state index contributed by atoms with van der Waals surface area (Å²) in [6, 6.07) is 46.3. The number of benzene rings is 6. The number of furan rings is 1. The molecule has 0 aliphatic heterocycles. The highest BCUT2D eigenvalue weighted by Gasteiger charge is 2.29. The third-order valence-corrected chi connectivity index (χ3v) is 11.5. The molecule has 0 saturated heterocycles. The van der Waals surface area contributed by atoms with Crippen LogP contribution in [0.3, 0.4) is 0 Å². The standard InChI is InChI=1S/C53H44N4O2/c1-52(2,3)36-26-42(50(58)43(27-36)53(4,5)6)51-56-48-37(34-25-35(30-54-29-34)44-28-41-40-19-12-13-22-46(40)59-47(41)31-55-44)20-14-21-45(48)57(51)49-38-18-11-10-17-33(38)23-24-39(49)32-15-8-7-9-16-32/h7-31,58H,1-6H3. The van der Waals surface area contributed by atoms with Crippen LogP contribution in [0, 0.1) is 0 Å². The minimum absolute atomic E-state index is 0.189. The fourth-order valence-electron chi connectivity index (χ4n) is 8.41. The molecule has 0 amide bonds. The van der Waals surface area contributed by atoms with Gasteiger partial charge in [0.05, 0.1) is 34.2 Å². The quantitative estimate of drug-likeness (QED) is 0.189. The van der Waals surface area contributed by atoms with Gasteiger partial charge in [0.1, 0.15) is 17.2 Å². The molecule has 0 fully saturated rings. The zero-order chi connectivity index (χ0) is 40.6. The first-order chi connectivity index (χ1) is 28.4. The molecule has 59 heavy (non-hydrogen) atoms. The topological polar surface area (TPSA) is 77.0 Å². The van der Waals surface area contributed by atoms with Crippen LogP contribution in [0.1, 0.15) is 52.7 Å². The Balaban J connectivity index is 1.27. The monoisotopic (exact) mass is 768 g/mol. The van der Waals surface area contributed by atoms with Crippen molar-refractivity contribution in [2.45, 2.75) is 52.4 Å². The second kappa shape index (κ2) is 13.5. The van der Waals surface area contributed by atoms with E-state index in [0.29, 0.717) is 11.4 Å². The van der Waals surface area contributed by atoms with Gasteiger partial charge in [-0.2, -0.15) is 0 Å². The number of phenolic OH excluding ortho intramolecular Hbond substituents is 1. The third kappa shape index (κ3) is 6.14. The Hall–Kier alpha value is -7.05. The van der Waals surface area contributed by atoms with Crippen molar-refractivity contribution in [3.05, 3.63) is 163 Å². The number of hydrogen-bond acceptors (Lipinski definition) is 5. The lowest BCUT2D eigenvalue weighted by molar-refractivity contribution is 0.446. The van der Waals surface area contributed by atoms with Crippen molar-refractivity contribution in [2.24, 2.45) is 0 Å². The lowest BCUT2D eigenvalue weighted by atomic mass is 9.79. The van der Waals surface area contributed by atoms with Crippen LogP contribution >= 0.6 is 0 Å². The van der Waals surface area contributed by atoms with Gasteiger partial charge < -0.3 is 9.52 Å². The molecular formula is C53H44N4O2. The number of phenols is 1. The van der Waals surface area contributed by atoms with Gasteiger partial charge in [-0.05, 0) is 57.7 Å². The van der Waals surface area contributed by atoms with E-state index in [2.05, 4.69) is 155 Å². The highest BCUT2D eigenvalue weighted by Crippen LogP contribution is 2.46. The van der Waals surface area contributed by atoms with E-state index in [1.165, 1.54) is 0 Å². The van der Waals surface area contributed by atoms with Crippen molar-refractivity contribution < 1.29 is 9.52 Å². The Morgan fingerprint density at radius 1 is 0.559 bits per heavy atom. The smallest absolute Gasteiger partial charge is 0.153 e. The molecule has 0 bridgehead atoms. The molecule has 0 unspecified atom stereocenters. The molecule has 0 aliphatic rings. The molecule has 4 heterocycles. The Kier molecular flexibility index (Phi) is 8.32. The number of imidazole rings is 1. The van der Waals surface area contributed by atoms with Crippen LogP contribution in [0.5, 0.6) is 5.75 Å². The third-order valence-electron chi connectivity index (χ3n) is 11.5. The minimum atomic E-state index is -0.331. The molecular weight excluding hydrogens is 725 g/mol. The Morgan fingerprint density at radius 3 is 2.10 bits per heavy atom. The van der Waals surface area contributed by atoms with E-state index in [1.54, 1.807) is 6.20 Å². The van der Waals surface area contributed by atoms with E-state index in [4.69, 9.17) is 19.4 Å². The van der Waals surface area contributed by atoms with E-state index in [9.17, 15) is 5.11 Å². The van der Waals surface area contributed by atoms with Gasteiger partial charge >= 0.3 is 0 Å². The molecule has 0 atom stereocenters. The van der Waals surface area contributed by atoms with Gasteiger partial charge in [0, 0.05) is 56.4 Å². The van der Waals surface area contributed by atoms with E-state index in [0.717, 1.165) is 94.1 Å². The van der Waals surface area contributed by atoms with Gasteiger partial charge in [-0.15, -0.1) is 0 Å². The summed E-state index contributed by atoms with van der Waals surface area (Å²) in [7, 11) is 0. The molecule has 4 aromatic heterocycles.